The molecule has 0 bridgehead atoms. The van der Waals surface area contributed by atoms with Crippen molar-refractivity contribution in [3.8, 4) is 28.5 Å². The molecular weight excluding hydrogens is 603 g/mol. The van der Waals surface area contributed by atoms with Gasteiger partial charge < -0.3 is 10.1 Å². The molecule has 3 aromatic carbocycles. The van der Waals surface area contributed by atoms with Crippen molar-refractivity contribution in [2.75, 3.05) is 0 Å². The van der Waals surface area contributed by atoms with Gasteiger partial charge in [0.2, 0.25) is 6.30 Å². The maximum atomic E-state index is 15.0. The van der Waals surface area contributed by atoms with E-state index in [1.54, 1.807) is 16.1 Å². The van der Waals surface area contributed by atoms with Crippen LogP contribution >= 0.6 is 11.3 Å². The number of benzene rings is 3. The Labute approximate surface area is 252 Å². The number of carbonyl (C=O) groups excluding carboxylic acids is 1. The molecule has 5 rings (SSSR count). The number of rotatable bonds is 7. The highest BCUT2D eigenvalue weighted by atomic mass is 32.1. The number of hydrogen-bond acceptors (Lipinski definition) is 5. The molecule has 2 unspecified atom stereocenters. The molecule has 8 nitrogen and oxygen atoms in total. The highest BCUT2D eigenvalue weighted by Gasteiger charge is 2.31. The highest BCUT2D eigenvalue weighted by Crippen LogP contribution is 2.27. The van der Waals surface area contributed by atoms with Crippen molar-refractivity contribution in [2.24, 2.45) is 4.99 Å². The zero-order chi connectivity index (χ0) is 31.6. The van der Waals surface area contributed by atoms with E-state index in [1.807, 2.05) is 38.2 Å². The summed E-state index contributed by atoms with van der Waals surface area (Å²) in [7, 11) is 0. The fraction of sp³-hybridized carbons (Fsp3) is 0.200. The highest BCUT2D eigenvalue weighted by molar-refractivity contribution is 7.07. The predicted molar refractivity (Wildman–Crippen MR) is 154 cm³/mol. The van der Waals surface area contributed by atoms with E-state index < -0.39 is 24.9 Å². The van der Waals surface area contributed by atoms with Crippen LogP contribution in [0.3, 0.4) is 0 Å². The molecule has 0 fully saturated rings. The van der Waals surface area contributed by atoms with Crippen LogP contribution in [0.25, 0.3) is 22.8 Å². The van der Waals surface area contributed by atoms with E-state index in [-0.39, 0.29) is 17.1 Å². The maximum absolute atomic E-state index is 15.0. The third-order valence-corrected chi connectivity index (χ3v) is 7.25. The first-order valence-electron chi connectivity index (χ1n) is 13.1. The van der Waals surface area contributed by atoms with Gasteiger partial charge >= 0.3 is 12.4 Å². The van der Waals surface area contributed by atoms with E-state index >= 15 is 4.39 Å². The second-order valence-electron chi connectivity index (χ2n) is 9.84. The number of nitrogens with one attached hydrogen (secondary N) is 1. The van der Waals surface area contributed by atoms with E-state index in [9.17, 15) is 22.4 Å². The molecule has 2 heterocycles. The van der Waals surface area contributed by atoms with E-state index in [0.29, 0.717) is 16.1 Å². The van der Waals surface area contributed by atoms with Gasteiger partial charge in [-0.2, -0.15) is 4.99 Å². The molecule has 0 aliphatic rings. The van der Waals surface area contributed by atoms with Gasteiger partial charge in [-0.05, 0) is 61.7 Å². The van der Waals surface area contributed by atoms with Gasteiger partial charge in [0.25, 0.3) is 0 Å². The van der Waals surface area contributed by atoms with Crippen LogP contribution in [0, 0.1) is 20.8 Å². The second kappa shape index (κ2) is 12.4. The Morgan fingerprint density at radius 3 is 2.30 bits per heavy atom. The molecule has 0 radical (unpaired) electrons. The van der Waals surface area contributed by atoms with Crippen LogP contribution in [0.1, 0.15) is 28.4 Å². The van der Waals surface area contributed by atoms with Crippen molar-refractivity contribution >= 4 is 17.4 Å². The molecule has 5 aromatic rings. The van der Waals surface area contributed by atoms with Gasteiger partial charge in [-0.15, -0.1) is 29.6 Å². The third kappa shape index (κ3) is 7.02. The summed E-state index contributed by atoms with van der Waals surface area (Å²) < 4.78 is 73.9. The Hall–Kier alpha value is -4.85. The summed E-state index contributed by atoms with van der Waals surface area (Å²) in [5.74, 6) is -0.133. The molecule has 228 valence electrons. The van der Waals surface area contributed by atoms with Crippen LogP contribution in [-0.2, 0) is 0 Å². The lowest BCUT2D eigenvalue weighted by molar-refractivity contribution is -0.274. The Bertz CT molecular complexity index is 1820. The molecule has 0 saturated heterocycles. The van der Waals surface area contributed by atoms with E-state index in [1.165, 1.54) is 58.7 Å². The normalized spacial score (nSPS) is 13.5. The van der Waals surface area contributed by atoms with Gasteiger partial charge in [0, 0.05) is 17.1 Å². The largest absolute Gasteiger partial charge is 0.573 e. The number of halogens is 5. The first kappa shape index (κ1) is 30.6. The minimum atomic E-state index is -4.80. The summed E-state index contributed by atoms with van der Waals surface area (Å²) in [5.41, 5.74) is 4.79. The molecule has 2 amide bonds. The van der Waals surface area contributed by atoms with E-state index in [0.717, 1.165) is 34.5 Å². The molecule has 2 aromatic heterocycles. The van der Waals surface area contributed by atoms with Crippen LogP contribution < -0.4 is 14.9 Å². The van der Waals surface area contributed by atoms with Crippen LogP contribution in [0.2, 0.25) is 0 Å². The van der Waals surface area contributed by atoms with Crippen LogP contribution in [0.5, 0.6) is 5.75 Å². The molecule has 2 atom stereocenters. The predicted octanol–water partition coefficient (Wildman–Crippen LogP) is 7.23. The zero-order valence-corrected chi connectivity index (χ0v) is 24.3. The summed E-state index contributed by atoms with van der Waals surface area (Å²) in [4.78, 5) is 21.0. The second-order valence-corrected chi connectivity index (χ2v) is 10.7. The lowest BCUT2D eigenvalue weighted by atomic mass is 10.1. The van der Waals surface area contributed by atoms with Crippen molar-refractivity contribution < 1.29 is 31.5 Å². The zero-order valence-electron chi connectivity index (χ0n) is 23.5. The summed E-state index contributed by atoms with van der Waals surface area (Å²) in [5, 5.41) is 8.00. The Kier molecular flexibility index (Phi) is 8.63. The molecule has 0 aliphatic carbocycles. The summed E-state index contributed by atoms with van der Waals surface area (Å²) in [6.45, 7) is 5.88. The van der Waals surface area contributed by atoms with Crippen molar-refractivity contribution in [3.63, 3.8) is 0 Å². The van der Waals surface area contributed by atoms with Gasteiger partial charge in [0.1, 0.15) is 12.1 Å². The average molecular weight is 629 g/mol. The number of alkyl halides is 5. The summed E-state index contributed by atoms with van der Waals surface area (Å²) >= 11 is 1.19. The third-order valence-electron chi connectivity index (χ3n) is 6.50. The summed E-state index contributed by atoms with van der Waals surface area (Å²) in [6.07, 6.45) is -6.23. The van der Waals surface area contributed by atoms with Gasteiger partial charge in [0.05, 0.1) is 11.4 Å². The Morgan fingerprint density at radius 2 is 1.66 bits per heavy atom. The number of urea groups is 1. The van der Waals surface area contributed by atoms with Crippen LogP contribution in [0.15, 0.2) is 83.6 Å². The lowest BCUT2D eigenvalue weighted by Crippen LogP contribution is -2.34. The van der Waals surface area contributed by atoms with Crippen molar-refractivity contribution in [2.45, 2.75) is 39.6 Å². The van der Waals surface area contributed by atoms with Crippen molar-refractivity contribution in [1.29, 1.82) is 0 Å². The average Bonchev–Trinajstić information content (AvgIpc) is 3.62. The van der Waals surface area contributed by atoms with Crippen LogP contribution in [0.4, 0.5) is 26.7 Å². The first-order chi connectivity index (χ1) is 20.9. The molecule has 0 spiro atoms. The SMILES string of the molecule is Cc1cc(C)c(-n2ccsc2=NC(=O)NC(F)C(F)c2ccc(-c3ncn(-c4ccc(OC(F)(F)F)cc4)n3)cc2)c(C)c1. The maximum Gasteiger partial charge on any atom is 0.573 e. The Balaban J connectivity index is 1.24. The first-order valence-corrected chi connectivity index (χ1v) is 14.0. The number of aryl methyl sites for hydroxylation is 3. The molecular formula is C30H25F5N6O2S. The summed E-state index contributed by atoms with van der Waals surface area (Å²) in [6, 6.07) is 13.7. The Morgan fingerprint density at radius 1 is 1.00 bits per heavy atom. The molecule has 1 N–H and O–H groups in total. The molecule has 14 heteroatoms. The van der Waals surface area contributed by atoms with Crippen molar-refractivity contribution in [3.05, 3.63) is 106 Å². The molecule has 0 aliphatic heterocycles. The monoisotopic (exact) mass is 628 g/mol. The number of nitrogens with zero attached hydrogens (tertiary/aromatic N) is 5. The molecule has 44 heavy (non-hydrogen) atoms. The minimum absolute atomic E-state index is 0.0293. The number of carbonyl (C=O) groups is 1. The number of thiazole rings is 1. The van der Waals surface area contributed by atoms with E-state index in [4.69, 9.17) is 0 Å². The van der Waals surface area contributed by atoms with Gasteiger partial charge in [-0.3, -0.25) is 4.57 Å². The van der Waals surface area contributed by atoms with E-state index in [2.05, 4.69) is 19.8 Å². The smallest absolute Gasteiger partial charge is 0.406 e. The van der Waals surface area contributed by atoms with Gasteiger partial charge in [-0.1, -0.05) is 42.0 Å². The quantitative estimate of drug-likeness (QED) is 0.152. The van der Waals surface area contributed by atoms with Gasteiger partial charge in [-0.25, -0.2) is 23.2 Å². The number of amides is 2. The standard InChI is InChI=1S/C30H25F5N6O2S/c1-17-14-18(2)25(19(3)15-17)40-12-13-44-29(40)38-28(42)37-26(32)24(31)20-4-6-21(7-5-20)27-36-16-41(39-27)22-8-10-23(11-9-22)43-30(33,34)35/h4-16,24,26H,1-3H3,(H,37,42). The number of hydrogen-bond donors (Lipinski definition) is 1. The number of aromatic nitrogens is 4. The van der Waals surface area contributed by atoms with Gasteiger partial charge in [0.15, 0.2) is 16.8 Å². The van der Waals surface area contributed by atoms with Crippen molar-refractivity contribution in [1.82, 2.24) is 24.6 Å². The number of ether oxygens (including phenoxy) is 1. The minimum Gasteiger partial charge on any atom is -0.406 e. The van der Waals surface area contributed by atoms with Crippen LogP contribution in [-0.4, -0.2) is 38.0 Å². The topological polar surface area (TPSA) is 86.3 Å². The lowest BCUT2D eigenvalue weighted by Gasteiger charge is -2.15. The fourth-order valence-corrected chi connectivity index (χ4v) is 5.40. The fourth-order valence-electron chi connectivity index (χ4n) is 4.69. The molecule has 0 saturated carbocycles.